The van der Waals surface area contributed by atoms with Crippen molar-refractivity contribution in [1.82, 2.24) is 0 Å². The number of esters is 1. The molecule has 0 bridgehead atoms. The number of hydrogen-bond acceptors (Lipinski definition) is 5. The summed E-state index contributed by atoms with van der Waals surface area (Å²) in [6.45, 7) is 3.44. The van der Waals surface area contributed by atoms with E-state index in [9.17, 15) is 9.59 Å². The minimum atomic E-state index is -1.09. The van der Waals surface area contributed by atoms with Gasteiger partial charge in [0.25, 0.3) is 0 Å². The molecule has 0 fully saturated rings. The third kappa shape index (κ3) is 3.38. The average Bonchev–Trinajstić information content (AvgIpc) is 2.31. The second-order valence-electron chi connectivity index (χ2n) is 3.57. The smallest absolute Gasteiger partial charge is 0.347 e. The molecule has 1 aromatic rings. The van der Waals surface area contributed by atoms with Crippen LogP contribution < -0.4 is 10.5 Å². The highest BCUT2D eigenvalue weighted by Gasteiger charge is 2.17. The Morgan fingerprint density at radius 3 is 2.67 bits per heavy atom. The third-order valence-corrected chi connectivity index (χ3v) is 2.18. The molecule has 0 amide bonds. The molecule has 0 aromatic heterocycles. The van der Waals surface area contributed by atoms with Crippen molar-refractivity contribution < 1.29 is 24.2 Å². The molecule has 0 aliphatic carbocycles. The summed E-state index contributed by atoms with van der Waals surface area (Å²) >= 11 is 0. The maximum absolute atomic E-state index is 11.4. The van der Waals surface area contributed by atoms with Crippen LogP contribution in [0.15, 0.2) is 18.2 Å². The van der Waals surface area contributed by atoms with Crippen LogP contribution in [-0.4, -0.2) is 29.8 Å². The van der Waals surface area contributed by atoms with Gasteiger partial charge in [-0.3, -0.25) is 0 Å². The van der Waals surface area contributed by atoms with Crippen LogP contribution in [0.5, 0.6) is 5.75 Å². The molecular weight excluding hydrogens is 238 g/mol. The van der Waals surface area contributed by atoms with Gasteiger partial charge in [-0.2, -0.15) is 0 Å². The van der Waals surface area contributed by atoms with Crippen LogP contribution in [-0.2, 0) is 9.53 Å². The minimum absolute atomic E-state index is 0.0373. The lowest BCUT2D eigenvalue weighted by Crippen LogP contribution is -2.26. The molecule has 6 nitrogen and oxygen atoms in total. The second-order valence-corrected chi connectivity index (χ2v) is 3.57. The number of hydrogen-bond donors (Lipinski definition) is 2. The Balaban J connectivity index is 2.86. The van der Waals surface area contributed by atoms with E-state index in [1.165, 1.54) is 25.1 Å². The molecule has 0 saturated carbocycles. The first-order chi connectivity index (χ1) is 8.45. The zero-order chi connectivity index (χ0) is 13.7. The molecule has 0 spiro atoms. The van der Waals surface area contributed by atoms with Gasteiger partial charge in [0.05, 0.1) is 17.9 Å². The van der Waals surface area contributed by atoms with Crippen molar-refractivity contribution >= 4 is 17.6 Å². The van der Waals surface area contributed by atoms with Crippen LogP contribution in [0.3, 0.4) is 0 Å². The molecule has 3 N–H and O–H groups in total. The van der Waals surface area contributed by atoms with Gasteiger partial charge in [-0.15, -0.1) is 0 Å². The van der Waals surface area contributed by atoms with Crippen LogP contribution in [0.4, 0.5) is 5.69 Å². The van der Waals surface area contributed by atoms with Crippen LogP contribution in [0.2, 0.25) is 0 Å². The Kier molecular flexibility index (Phi) is 4.53. The number of carboxylic acid groups (broad SMARTS) is 1. The maximum Gasteiger partial charge on any atom is 0.347 e. The second kappa shape index (κ2) is 5.90. The summed E-state index contributed by atoms with van der Waals surface area (Å²) < 4.78 is 10.1. The highest BCUT2D eigenvalue weighted by Crippen LogP contribution is 2.24. The largest absolute Gasteiger partial charge is 0.478 e. The standard InChI is InChI=1S/C12H15NO5/c1-3-17-12(16)7(2)18-10-6-8(11(14)15)4-5-9(10)13/h4-7H,3,13H2,1-2H3,(H,14,15). The van der Waals surface area contributed by atoms with Gasteiger partial charge in [-0.1, -0.05) is 0 Å². The van der Waals surface area contributed by atoms with Crippen molar-refractivity contribution in [2.75, 3.05) is 12.3 Å². The monoisotopic (exact) mass is 253 g/mol. The Morgan fingerprint density at radius 1 is 1.44 bits per heavy atom. The molecule has 1 unspecified atom stereocenters. The Labute approximate surface area is 104 Å². The van der Waals surface area contributed by atoms with Crippen molar-refractivity contribution in [2.45, 2.75) is 20.0 Å². The van der Waals surface area contributed by atoms with Crippen molar-refractivity contribution in [3.8, 4) is 5.75 Å². The Hall–Kier alpha value is -2.24. The van der Waals surface area contributed by atoms with Crippen molar-refractivity contribution in [2.24, 2.45) is 0 Å². The predicted molar refractivity (Wildman–Crippen MR) is 64.5 cm³/mol. The summed E-state index contributed by atoms with van der Waals surface area (Å²) in [5.41, 5.74) is 5.94. The van der Waals surface area contributed by atoms with Crippen LogP contribution in [0, 0.1) is 0 Å². The van der Waals surface area contributed by atoms with Gasteiger partial charge in [0, 0.05) is 0 Å². The molecule has 18 heavy (non-hydrogen) atoms. The number of benzene rings is 1. The zero-order valence-corrected chi connectivity index (χ0v) is 10.2. The summed E-state index contributed by atoms with van der Waals surface area (Å²) in [5, 5.41) is 8.84. The molecule has 1 atom stereocenters. The summed E-state index contributed by atoms with van der Waals surface area (Å²) in [6, 6.07) is 4.05. The number of aromatic carboxylic acids is 1. The molecule has 98 valence electrons. The van der Waals surface area contributed by atoms with E-state index in [1.54, 1.807) is 6.92 Å². The number of carbonyl (C=O) groups is 2. The highest BCUT2D eigenvalue weighted by atomic mass is 16.6. The van der Waals surface area contributed by atoms with Crippen LogP contribution in [0.1, 0.15) is 24.2 Å². The molecule has 1 aromatic carbocycles. The van der Waals surface area contributed by atoms with E-state index in [4.69, 9.17) is 20.3 Å². The number of carbonyl (C=O) groups excluding carboxylic acids is 1. The van der Waals surface area contributed by atoms with E-state index >= 15 is 0 Å². The molecule has 0 radical (unpaired) electrons. The SMILES string of the molecule is CCOC(=O)C(C)Oc1cc(C(=O)O)ccc1N. The predicted octanol–water partition coefficient (Wildman–Crippen LogP) is 1.30. The van der Waals surface area contributed by atoms with Gasteiger partial charge >= 0.3 is 11.9 Å². The molecule has 0 heterocycles. The molecule has 0 aliphatic rings. The molecule has 0 aliphatic heterocycles. The fourth-order valence-corrected chi connectivity index (χ4v) is 1.27. The quantitative estimate of drug-likeness (QED) is 0.606. The molecule has 0 saturated heterocycles. The lowest BCUT2D eigenvalue weighted by atomic mass is 10.2. The van der Waals surface area contributed by atoms with E-state index in [-0.39, 0.29) is 23.6 Å². The average molecular weight is 253 g/mol. The van der Waals surface area contributed by atoms with Crippen LogP contribution >= 0.6 is 0 Å². The summed E-state index contributed by atoms with van der Waals surface area (Å²) in [6.07, 6.45) is -0.851. The van der Waals surface area contributed by atoms with E-state index in [0.29, 0.717) is 0 Å². The number of anilines is 1. The normalized spacial score (nSPS) is 11.7. The van der Waals surface area contributed by atoms with E-state index in [2.05, 4.69) is 0 Å². The van der Waals surface area contributed by atoms with Gasteiger partial charge in [0.1, 0.15) is 5.75 Å². The third-order valence-electron chi connectivity index (χ3n) is 2.18. The highest BCUT2D eigenvalue weighted by molar-refractivity contribution is 5.89. The summed E-state index contributed by atoms with van der Waals surface area (Å²) in [5.74, 6) is -1.48. The first-order valence-electron chi connectivity index (χ1n) is 5.41. The molecule has 6 heteroatoms. The van der Waals surface area contributed by atoms with Gasteiger partial charge < -0.3 is 20.3 Å². The fraction of sp³-hybridized carbons (Fsp3) is 0.333. The molecular formula is C12H15NO5. The topological polar surface area (TPSA) is 98.8 Å². The Bertz CT molecular complexity index is 458. The number of nitrogens with two attached hydrogens (primary N) is 1. The lowest BCUT2D eigenvalue weighted by Gasteiger charge is -2.15. The first-order valence-corrected chi connectivity index (χ1v) is 5.41. The first kappa shape index (κ1) is 13.8. The lowest BCUT2D eigenvalue weighted by molar-refractivity contribution is -0.150. The number of carboxylic acids is 1. The van der Waals surface area contributed by atoms with Gasteiger partial charge in [0.2, 0.25) is 0 Å². The van der Waals surface area contributed by atoms with Gasteiger partial charge in [0.15, 0.2) is 6.10 Å². The Morgan fingerprint density at radius 2 is 2.11 bits per heavy atom. The van der Waals surface area contributed by atoms with Gasteiger partial charge in [-0.25, -0.2) is 9.59 Å². The van der Waals surface area contributed by atoms with Crippen molar-refractivity contribution in [3.05, 3.63) is 23.8 Å². The number of ether oxygens (including phenoxy) is 2. The fourth-order valence-electron chi connectivity index (χ4n) is 1.27. The van der Waals surface area contributed by atoms with Crippen molar-refractivity contribution in [3.63, 3.8) is 0 Å². The zero-order valence-electron chi connectivity index (χ0n) is 10.2. The number of rotatable bonds is 5. The van der Waals surface area contributed by atoms with E-state index in [1.807, 2.05) is 0 Å². The van der Waals surface area contributed by atoms with Gasteiger partial charge in [-0.05, 0) is 32.0 Å². The summed E-state index contributed by atoms with van der Waals surface area (Å²) in [7, 11) is 0. The summed E-state index contributed by atoms with van der Waals surface area (Å²) in [4.78, 5) is 22.2. The van der Waals surface area contributed by atoms with E-state index in [0.717, 1.165) is 0 Å². The van der Waals surface area contributed by atoms with E-state index < -0.39 is 18.0 Å². The molecule has 1 rings (SSSR count). The minimum Gasteiger partial charge on any atom is -0.478 e. The van der Waals surface area contributed by atoms with Crippen LogP contribution in [0.25, 0.3) is 0 Å². The number of nitrogen functional groups attached to an aromatic ring is 1. The maximum atomic E-state index is 11.4. The van der Waals surface area contributed by atoms with Crippen molar-refractivity contribution in [1.29, 1.82) is 0 Å².